The highest BCUT2D eigenvalue weighted by atomic mass is 79.9. The molecule has 2 unspecified atom stereocenters. The summed E-state index contributed by atoms with van der Waals surface area (Å²) < 4.78 is 5.89. The number of ether oxygens (including phenoxy) is 1. The van der Waals surface area contributed by atoms with E-state index in [0.29, 0.717) is 5.56 Å². The maximum atomic E-state index is 12.1. The van der Waals surface area contributed by atoms with Crippen LogP contribution in [0.5, 0.6) is 5.75 Å². The topological polar surface area (TPSA) is 26.3 Å². The molecule has 1 aromatic rings. The summed E-state index contributed by atoms with van der Waals surface area (Å²) >= 11 is 3.47. The fourth-order valence-corrected chi connectivity index (χ4v) is 2.73. The molecule has 0 saturated heterocycles. The fourth-order valence-electron chi connectivity index (χ4n) is 2.11. The molecule has 0 N–H and O–H groups in total. The van der Waals surface area contributed by atoms with Crippen LogP contribution in [0.1, 0.15) is 43.0 Å². The average molecular weight is 297 g/mol. The molecule has 0 bridgehead atoms. The number of carbonyl (C=O) groups excluding carboxylic acids is 1. The van der Waals surface area contributed by atoms with E-state index >= 15 is 0 Å². The molecule has 1 aliphatic rings. The number of halogens is 1. The van der Waals surface area contributed by atoms with E-state index in [1.807, 2.05) is 24.3 Å². The summed E-state index contributed by atoms with van der Waals surface area (Å²) in [6, 6.07) is 7.48. The average Bonchev–Trinajstić information content (AvgIpc) is 2.35. The van der Waals surface area contributed by atoms with Crippen molar-refractivity contribution in [2.24, 2.45) is 0 Å². The van der Waals surface area contributed by atoms with Gasteiger partial charge in [-0.3, -0.25) is 4.79 Å². The Morgan fingerprint density at radius 2 is 2.06 bits per heavy atom. The lowest BCUT2D eigenvalue weighted by Gasteiger charge is -2.29. The summed E-state index contributed by atoms with van der Waals surface area (Å²) in [5.41, 5.74) is 0.695. The number of hydrogen-bond donors (Lipinski definition) is 0. The SMILES string of the molecule is CCCCCC1Oc2ccccc2C(=O)C1Br. The smallest absolute Gasteiger partial charge is 0.183 e. The van der Waals surface area contributed by atoms with Gasteiger partial charge in [-0.25, -0.2) is 0 Å². The second kappa shape index (κ2) is 5.67. The summed E-state index contributed by atoms with van der Waals surface area (Å²) in [6.07, 6.45) is 4.39. The molecule has 92 valence electrons. The third kappa shape index (κ3) is 2.71. The van der Waals surface area contributed by atoms with E-state index in [4.69, 9.17) is 4.74 Å². The van der Waals surface area contributed by atoms with Crippen LogP contribution in [0.4, 0.5) is 0 Å². The van der Waals surface area contributed by atoms with Gasteiger partial charge in [-0.05, 0) is 25.0 Å². The zero-order chi connectivity index (χ0) is 12.3. The monoisotopic (exact) mass is 296 g/mol. The Kier molecular flexibility index (Phi) is 4.21. The van der Waals surface area contributed by atoms with E-state index in [-0.39, 0.29) is 16.7 Å². The minimum Gasteiger partial charge on any atom is -0.488 e. The van der Waals surface area contributed by atoms with Crippen LogP contribution in [0, 0.1) is 0 Å². The first kappa shape index (κ1) is 12.6. The molecule has 1 aromatic carbocycles. The first-order chi connectivity index (χ1) is 8.24. The number of hydrogen-bond acceptors (Lipinski definition) is 2. The molecule has 0 spiro atoms. The van der Waals surface area contributed by atoms with Gasteiger partial charge in [-0.1, -0.05) is 47.8 Å². The summed E-state index contributed by atoms with van der Waals surface area (Å²) in [4.78, 5) is 11.9. The van der Waals surface area contributed by atoms with Gasteiger partial charge in [0.2, 0.25) is 0 Å². The van der Waals surface area contributed by atoms with E-state index in [1.165, 1.54) is 12.8 Å². The molecule has 1 heterocycles. The van der Waals surface area contributed by atoms with Crippen LogP contribution < -0.4 is 4.74 Å². The molecule has 3 heteroatoms. The number of Topliss-reactive ketones (excluding diaryl/α,β-unsaturated/α-hetero) is 1. The lowest BCUT2D eigenvalue weighted by molar-refractivity contribution is 0.0859. The van der Waals surface area contributed by atoms with Gasteiger partial charge in [0.1, 0.15) is 16.7 Å². The Hall–Kier alpha value is -0.830. The van der Waals surface area contributed by atoms with Gasteiger partial charge in [0.15, 0.2) is 5.78 Å². The van der Waals surface area contributed by atoms with Crippen LogP contribution >= 0.6 is 15.9 Å². The van der Waals surface area contributed by atoms with Crippen molar-refractivity contribution >= 4 is 21.7 Å². The number of carbonyl (C=O) groups is 1. The minimum atomic E-state index is -0.200. The Morgan fingerprint density at radius 3 is 2.82 bits per heavy atom. The largest absolute Gasteiger partial charge is 0.488 e. The molecule has 0 saturated carbocycles. The molecule has 0 aromatic heterocycles. The van der Waals surface area contributed by atoms with Crippen molar-refractivity contribution in [1.82, 2.24) is 0 Å². The zero-order valence-electron chi connectivity index (χ0n) is 9.99. The highest BCUT2D eigenvalue weighted by Gasteiger charge is 2.34. The molecule has 1 aliphatic heterocycles. The standard InChI is InChI=1S/C14H17BrO2/c1-2-3-4-9-12-13(15)14(16)10-7-5-6-8-11(10)17-12/h5-8,12-13H,2-4,9H2,1H3. The van der Waals surface area contributed by atoms with Crippen LogP contribution in [-0.4, -0.2) is 16.7 Å². The van der Waals surface area contributed by atoms with Crippen LogP contribution in [0.3, 0.4) is 0 Å². The van der Waals surface area contributed by atoms with Crippen molar-refractivity contribution in [3.05, 3.63) is 29.8 Å². The van der Waals surface area contributed by atoms with Crippen molar-refractivity contribution in [1.29, 1.82) is 0 Å². The lowest BCUT2D eigenvalue weighted by Crippen LogP contribution is -2.38. The Labute approximate surface area is 110 Å². The lowest BCUT2D eigenvalue weighted by atomic mass is 9.97. The first-order valence-corrected chi connectivity index (χ1v) is 7.09. The predicted octanol–water partition coefficient (Wildman–Crippen LogP) is 3.97. The molecule has 0 fully saturated rings. The normalized spacial score (nSPS) is 23.1. The summed E-state index contributed by atoms with van der Waals surface area (Å²) in [6.45, 7) is 2.17. The van der Waals surface area contributed by atoms with Gasteiger partial charge in [0, 0.05) is 0 Å². The summed E-state index contributed by atoms with van der Waals surface area (Å²) in [5, 5.41) is 0. The number of alkyl halides is 1. The van der Waals surface area contributed by atoms with Gasteiger partial charge >= 0.3 is 0 Å². The van der Waals surface area contributed by atoms with Crippen LogP contribution in [-0.2, 0) is 0 Å². The molecular formula is C14H17BrO2. The van der Waals surface area contributed by atoms with Gasteiger partial charge in [-0.2, -0.15) is 0 Å². The molecule has 0 radical (unpaired) electrons. The van der Waals surface area contributed by atoms with Crippen molar-refractivity contribution in [2.75, 3.05) is 0 Å². The highest BCUT2D eigenvalue weighted by molar-refractivity contribution is 9.10. The molecule has 2 nitrogen and oxygen atoms in total. The number of benzene rings is 1. The summed E-state index contributed by atoms with van der Waals surface area (Å²) in [7, 11) is 0. The second-order valence-corrected chi connectivity index (χ2v) is 5.40. The van der Waals surface area contributed by atoms with Gasteiger partial charge in [-0.15, -0.1) is 0 Å². The Bertz CT molecular complexity index is 403. The Morgan fingerprint density at radius 1 is 1.29 bits per heavy atom. The number of unbranched alkanes of at least 4 members (excludes halogenated alkanes) is 2. The third-order valence-corrected chi connectivity index (χ3v) is 4.11. The summed E-state index contributed by atoms with van der Waals surface area (Å²) in [5.74, 6) is 0.878. The van der Waals surface area contributed by atoms with E-state index in [1.54, 1.807) is 0 Å². The van der Waals surface area contributed by atoms with Crippen molar-refractivity contribution in [3.8, 4) is 5.75 Å². The van der Waals surface area contributed by atoms with E-state index in [0.717, 1.165) is 18.6 Å². The molecule has 0 aliphatic carbocycles. The van der Waals surface area contributed by atoms with Crippen LogP contribution in [0.15, 0.2) is 24.3 Å². The molecule has 2 rings (SSSR count). The Balaban J connectivity index is 2.11. The van der Waals surface area contributed by atoms with Crippen molar-refractivity contribution in [3.63, 3.8) is 0 Å². The third-order valence-electron chi connectivity index (χ3n) is 3.10. The maximum absolute atomic E-state index is 12.1. The number of fused-ring (bicyclic) bond motifs is 1. The van der Waals surface area contributed by atoms with Gasteiger partial charge < -0.3 is 4.74 Å². The zero-order valence-corrected chi connectivity index (χ0v) is 11.6. The van der Waals surface area contributed by atoms with Crippen LogP contribution in [0.2, 0.25) is 0 Å². The fraction of sp³-hybridized carbons (Fsp3) is 0.500. The van der Waals surface area contributed by atoms with E-state index < -0.39 is 0 Å². The molecule has 2 atom stereocenters. The highest BCUT2D eigenvalue weighted by Crippen LogP contribution is 2.32. The molecular weight excluding hydrogens is 280 g/mol. The number of ketones is 1. The van der Waals surface area contributed by atoms with Gasteiger partial charge in [0.05, 0.1) is 5.56 Å². The van der Waals surface area contributed by atoms with E-state index in [2.05, 4.69) is 22.9 Å². The minimum absolute atomic E-state index is 0.0241. The van der Waals surface area contributed by atoms with Crippen LogP contribution in [0.25, 0.3) is 0 Å². The second-order valence-electron chi connectivity index (χ2n) is 4.41. The van der Waals surface area contributed by atoms with E-state index in [9.17, 15) is 4.79 Å². The maximum Gasteiger partial charge on any atom is 0.183 e. The predicted molar refractivity (Wildman–Crippen MR) is 72.0 cm³/mol. The van der Waals surface area contributed by atoms with Gasteiger partial charge in [0.25, 0.3) is 0 Å². The number of para-hydroxylation sites is 1. The first-order valence-electron chi connectivity index (χ1n) is 6.18. The number of rotatable bonds is 4. The quantitative estimate of drug-likeness (QED) is 0.621. The molecule has 17 heavy (non-hydrogen) atoms. The van der Waals surface area contributed by atoms with Crippen molar-refractivity contribution in [2.45, 2.75) is 43.5 Å². The van der Waals surface area contributed by atoms with Crippen molar-refractivity contribution < 1.29 is 9.53 Å². The molecule has 0 amide bonds.